The van der Waals surface area contributed by atoms with Crippen LogP contribution in [-0.2, 0) is 6.42 Å². The number of pyridine rings is 2. The number of thiazole rings is 1. The molecule has 2 fully saturated rings. The lowest BCUT2D eigenvalue weighted by Crippen LogP contribution is -2.59. The Labute approximate surface area is 260 Å². The van der Waals surface area contributed by atoms with Crippen LogP contribution in [0.15, 0.2) is 60.9 Å². The number of anilines is 3. The van der Waals surface area contributed by atoms with Crippen molar-refractivity contribution in [1.82, 2.24) is 30.0 Å². The molecule has 44 heavy (non-hydrogen) atoms. The van der Waals surface area contributed by atoms with E-state index in [0.717, 1.165) is 79.5 Å². The van der Waals surface area contributed by atoms with Gasteiger partial charge in [0.2, 0.25) is 0 Å². The number of aryl methyl sites for hydroxylation is 1. The summed E-state index contributed by atoms with van der Waals surface area (Å²) in [6.45, 7) is 6.26. The van der Waals surface area contributed by atoms with E-state index in [-0.39, 0.29) is 5.82 Å². The SMILES string of the molecule is CCc1nc2ccc(-c3ccc(N4CCC(NC5CNC5)CC4)nc3)cn2c1N(C)c1nc(-c2ccc(F)cc2)c(C#N)s1. The largest absolute Gasteiger partial charge is 0.357 e. The quantitative estimate of drug-likeness (QED) is 0.242. The number of fused-ring (bicyclic) bond motifs is 1. The molecule has 4 aromatic heterocycles. The fourth-order valence-electron chi connectivity index (χ4n) is 6.03. The van der Waals surface area contributed by atoms with Crippen molar-refractivity contribution in [3.05, 3.63) is 77.3 Å². The number of aromatic nitrogens is 4. The lowest BCUT2D eigenvalue weighted by atomic mass is 10.0. The lowest BCUT2D eigenvalue weighted by Gasteiger charge is -2.38. The number of nitriles is 1. The summed E-state index contributed by atoms with van der Waals surface area (Å²) in [5.74, 6) is 1.59. The number of nitrogens with one attached hydrogen (secondary N) is 2. The molecule has 224 valence electrons. The Morgan fingerprint density at radius 1 is 1.02 bits per heavy atom. The fourth-order valence-corrected chi connectivity index (χ4v) is 6.87. The second-order valence-electron chi connectivity index (χ2n) is 11.4. The molecular formula is C33H34FN9S. The van der Waals surface area contributed by atoms with Gasteiger partial charge >= 0.3 is 0 Å². The van der Waals surface area contributed by atoms with E-state index in [1.807, 2.05) is 24.2 Å². The summed E-state index contributed by atoms with van der Waals surface area (Å²) < 4.78 is 15.6. The number of hydrogen-bond acceptors (Lipinski definition) is 9. The number of imidazole rings is 1. The van der Waals surface area contributed by atoms with Gasteiger partial charge in [0.25, 0.3) is 0 Å². The molecule has 2 aliphatic heterocycles. The van der Waals surface area contributed by atoms with Crippen molar-refractivity contribution in [2.45, 2.75) is 38.3 Å². The summed E-state index contributed by atoms with van der Waals surface area (Å²) in [5.41, 5.74) is 5.09. The van der Waals surface area contributed by atoms with Gasteiger partial charge < -0.3 is 20.4 Å². The van der Waals surface area contributed by atoms with Gasteiger partial charge in [-0.3, -0.25) is 4.40 Å². The summed E-state index contributed by atoms with van der Waals surface area (Å²) in [4.78, 5) is 19.4. The van der Waals surface area contributed by atoms with Gasteiger partial charge in [0.15, 0.2) is 5.13 Å². The highest BCUT2D eigenvalue weighted by Crippen LogP contribution is 2.37. The molecule has 6 heterocycles. The molecule has 0 spiro atoms. The molecule has 0 unspecified atom stereocenters. The molecule has 11 heteroatoms. The van der Waals surface area contributed by atoms with Crippen LogP contribution in [-0.4, -0.2) is 64.7 Å². The van der Waals surface area contributed by atoms with Gasteiger partial charge in [-0.1, -0.05) is 18.3 Å². The Morgan fingerprint density at radius 2 is 1.77 bits per heavy atom. The molecule has 9 nitrogen and oxygen atoms in total. The van der Waals surface area contributed by atoms with Crippen LogP contribution < -0.4 is 20.4 Å². The third kappa shape index (κ3) is 5.41. The van der Waals surface area contributed by atoms with Crippen molar-refractivity contribution in [2.75, 3.05) is 43.0 Å². The van der Waals surface area contributed by atoms with Gasteiger partial charge in [0.1, 0.15) is 39.7 Å². The van der Waals surface area contributed by atoms with E-state index in [9.17, 15) is 9.65 Å². The van der Waals surface area contributed by atoms with E-state index < -0.39 is 0 Å². The van der Waals surface area contributed by atoms with Crippen LogP contribution in [0.3, 0.4) is 0 Å². The minimum absolute atomic E-state index is 0.325. The average molecular weight is 608 g/mol. The Bertz CT molecular complexity index is 1810. The zero-order valence-corrected chi connectivity index (χ0v) is 25.6. The Kier molecular flexibility index (Phi) is 7.72. The van der Waals surface area contributed by atoms with Crippen molar-refractivity contribution in [1.29, 1.82) is 5.26 Å². The minimum atomic E-state index is -0.325. The van der Waals surface area contributed by atoms with Crippen LogP contribution in [0.25, 0.3) is 28.0 Å². The van der Waals surface area contributed by atoms with E-state index in [1.165, 1.54) is 23.5 Å². The maximum Gasteiger partial charge on any atom is 0.192 e. The van der Waals surface area contributed by atoms with Crippen molar-refractivity contribution >= 4 is 33.8 Å². The zero-order chi connectivity index (χ0) is 30.2. The average Bonchev–Trinajstić information content (AvgIpc) is 3.65. The van der Waals surface area contributed by atoms with Gasteiger partial charge in [0.05, 0.1) is 5.69 Å². The Balaban J connectivity index is 1.14. The van der Waals surface area contributed by atoms with Gasteiger partial charge in [-0.15, -0.1) is 0 Å². The molecule has 1 aromatic carbocycles. The Morgan fingerprint density at radius 3 is 2.43 bits per heavy atom. The topological polar surface area (TPSA) is 97.4 Å². The number of nitrogens with zero attached hydrogens (tertiary/aromatic N) is 7. The third-order valence-electron chi connectivity index (χ3n) is 8.59. The van der Waals surface area contributed by atoms with Crippen molar-refractivity contribution in [3.63, 3.8) is 0 Å². The lowest BCUT2D eigenvalue weighted by molar-refractivity contribution is 0.299. The second-order valence-corrected chi connectivity index (χ2v) is 12.4. The summed E-state index contributed by atoms with van der Waals surface area (Å²) in [6, 6.07) is 17.9. The number of halogens is 1. The standard InChI is InChI=1S/C33H34FN9S/c1-3-27-32(41(2)33-40-31(28(16-35)44-33)21-4-8-24(34)9-5-21)43-20-23(7-11-30(43)39-27)22-6-10-29(37-17-22)42-14-12-25(13-15-42)38-26-18-36-19-26/h4-11,17,20,25-26,36,38H,3,12-15,18-19H2,1-2H3. The van der Waals surface area contributed by atoms with Crippen molar-refractivity contribution in [2.24, 2.45) is 0 Å². The molecule has 0 amide bonds. The highest BCUT2D eigenvalue weighted by molar-refractivity contribution is 7.16. The molecule has 2 N–H and O–H groups in total. The first-order valence-electron chi connectivity index (χ1n) is 15.1. The summed E-state index contributed by atoms with van der Waals surface area (Å²) in [7, 11) is 1.95. The molecule has 0 bridgehead atoms. The van der Waals surface area contributed by atoms with Crippen LogP contribution >= 0.6 is 11.3 Å². The first-order valence-corrected chi connectivity index (χ1v) is 15.9. The Hall–Kier alpha value is -4.37. The highest BCUT2D eigenvalue weighted by atomic mass is 32.1. The first kappa shape index (κ1) is 28.4. The van der Waals surface area contributed by atoms with Crippen LogP contribution in [0.5, 0.6) is 0 Å². The van der Waals surface area contributed by atoms with Crippen LogP contribution in [0, 0.1) is 17.1 Å². The van der Waals surface area contributed by atoms with Crippen LogP contribution in [0.4, 0.5) is 21.2 Å². The van der Waals surface area contributed by atoms with Crippen molar-refractivity contribution < 1.29 is 4.39 Å². The van der Waals surface area contributed by atoms with Crippen molar-refractivity contribution in [3.8, 4) is 28.5 Å². The van der Waals surface area contributed by atoms with Crippen LogP contribution in [0.1, 0.15) is 30.3 Å². The highest BCUT2D eigenvalue weighted by Gasteiger charge is 2.25. The molecule has 0 aliphatic carbocycles. The number of rotatable bonds is 8. The normalized spacial score (nSPS) is 15.8. The van der Waals surface area contributed by atoms with E-state index in [2.05, 4.69) is 57.3 Å². The summed E-state index contributed by atoms with van der Waals surface area (Å²) in [5, 5.41) is 17.6. The van der Waals surface area contributed by atoms with Gasteiger partial charge in [0, 0.05) is 74.4 Å². The van der Waals surface area contributed by atoms with Gasteiger partial charge in [-0.05, 0) is 67.8 Å². The fraction of sp³-hybridized carbons (Fsp3) is 0.333. The maximum atomic E-state index is 13.5. The zero-order valence-electron chi connectivity index (χ0n) is 24.8. The van der Waals surface area contributed by atoms with E-state index >= 15 is 0 Å². The molecule has 0 atom stereocenters. The molecule has 2 aliphatic rings. The predicted molar refractivity (Wildman–Crippen MR) is 173 cm³/mol. The van der Waals surface area contributed by atoms with Gasteiger partial charge in [-0.25, -0.2) is 19.3 Å². The molecule has 0 radical (unpaired) electrons. The summed E-state index contributed by atoms with van der Waals surface area (Å²) in [6.07, 6.45) is 7.05. The van der Waals surface area contributed by atoms with Crippen LogP contribution in [0.2, 0.25) is 0 Å². The first-order chi connectivity index (χ1) is 21.5. The second kappa shape index (κ2) is 12.0. The minimum Gasteiger partial charge on any atom is -0.357 e. The van der Waals surface area contributed by atoms with E-state index in [0.29, 0.717) is 33.3 Å². The smallest absolute Gasteiger partial charge is 0.192 e. The molecular weight excluding hydrogens is 573 g/mol. The maximum absolute atomic E-state index is 13.5. The molecule has 0 saturated carbocycles. The monoisotopic (exact) mass is 607 g/mol. The predicted octanol–water partition coefficient (Wildman–Crippen LogP) is 5.39. The molecule has 5 aromatic rings. The summed E-state index contributed by atoms with van der Waals surface area (Å²) >= 11 is 1.31. The molecule has 7 rings (SSSR count). The van der Waals surface area contributed by atoms with Gasteiger partial charge in [-0.2, -0.15) is 5.26 Å². The van der Waals surface area contributed by atoms with E-state index in [4.69, 9.17) is 15.0 Å². The number of piperidine rings is 1. The van der Waals surface area contributed by atoms with E-state index in [1.54, 1.807) is 12.1 Å². The molecule has 2 saturated heterocycles. The number of hydrogen-bond donors (Lipinski definition) is 2. The number of benzene rings is 1. The third-order valence-corrected chi connectivity index (χ3v) is 9.63.